The summed E-state index contributed by atoms with van der Waals surface area (Å²) in [5.41, 5.74) is 1.43. The monoisotopic (exact) mass is 272 g/mol. The highest BCUT2D eigenvalue weighted by molar-refractivity contribution is 6.05. The van der Waals surface area contributed by atoms with Gasteiger partial charge in [-0.1, -0.05) is 18.2 Å². The fourth-order valence-electron chi connectivity index (χ4n) is 2.88. The van der Waals surface area contributed by atoms with E-state index in [1.807, 2.05) is 36.2 Å². The van der Waals surface area contributed by atoms with Crippen molar-refractivity contribution in [2.75, 3.05) is 26.7 Å². The molecule has 2 aromatic rings. The van der Waals surface area contributed by atoms with Crippen molar-refractivity contribution in [1.82, 2.24) is 10.2 Å². The molecule has 1 fully saturated rings. The molecule has 20 heavy (non-hydrogen) atoms. The molecular weight excluding hydrogens is 252 g/mol. The minimum atomic E-state index is 0.0495. The lowest BCUT2D eigenvalue weighted by Gasteiger charge is -2.27. The molecule has 1 N–H and O–H groups in total. The summed E-state index contributed by atoms with van der Waals surface area (Å²) in [4.78, 5) is 14.4. The Morgan fingerprint density at radius 3 is 2.90 bits per heavy atom. The number of fused-ring (bicyclic) bond motifs is 1. The van der Waals surface area contributed by atoms with Crippen LogP contribution in [0.15, 0.2) is 34.9 Å². The quantitative estimate of drug-likeness (QED) is 0.933. The number of piperidine rings is 1. The standard InChI is InChI=1S/C16H20N2O2/c1-18(10-12-6-8-17-9-7-12)16(19)14-11-20-15-5-3-2-4-13(14)15/h2-5,11-12,17H,6-10H2,1H3. The van der Waals surface area contributed by atoms with E-state index < -0.39 is 0 Å². The number of rotatable bonds is 3. The highest BCUT2D eigenvalue weighted by atomic mass is 16.3. The molecule has 0 saturated carbocycles. The van der Waals surface area contributed by atoms with E-state index in [1.165, 1.54) is 0 Å². The zero-order chi connectivity index (χ0) is 13.9. The first-order valence-corrected chi connectivity index (χ1v) is 7.18. The van der Waals surface area contributed by atoms with Crippen molar-refractivity contribution in [2.45, 2.75) is 12.8 Å². The number of carbonyl (C=O) groups excluding carboxylic acids is 1. The van der Waals surface area contributed by atoms with E-state index in [9.17, 15) is 4.79 Å². The van der Waals surface area contributed by atoms with Crippen LogP contribution in [0.5, 0.6) is 0 Å². The fourth-order valence-corrected chi connectivity index (χ4v) is 2.88. The Morgan fingerprint density at radius 2 is 2.10 bits per heavy atom. The molecule has 1 aromatic carbocycles. The first kappa shape index (κ1) is 13.2. The van der Waals surface area contributed by atoms with E-state index in [0.29, 0.717) is 11.5 Å². The van der Waals surface area contributed by atoms with Crippen LogP contribution in [0, 0.1) is 5.92 Å². The van der Waals surface area contributed by atoms with Gasteiger partial charge in [0.25, 0.3) is 5.91 Å². The second-order valence-electron chi connectivity index (χ2n) is 5.52. The smallest absolute Gasteiger partial charge is 0.257 e. The first-order valence-electron chi connectivity index (χ1n) is 7.18. The summed E-state index contributed by atoms with van der Waals surface area (Å²) in [6.07, 6.45) is 3.86. The zero-order valence-corrected chi connectivity index (χ0v) is 11.8. The largest absolute Gasteiger partial charge is 0.463 e. The van der Waals surface area contributed by atoms with Crippen molar-refractivity contribution in [1.29, 1.82) is 0 Å². The molecule has 1 saturated heterocycles. The number of para-hydroxylation sites is 1. The Balaban J connectivity index is 1.74. The van der Waals surface area contributed by atoms with Crippen molar-refractivity contribution in [2.24, 2.45) is 5.92 Å². The van der Waals surface area contributed by atoms with Gasteiger partial charge in [0.05, 0.1) is 5.56 Å². The molecule has 2 heterocycles. The maximum Gasteiger partial charge on any atom is 0.257 e. The van der Waals surface area contributed by atoms with Crippen LogP contribution in [0.2, 0.25) is 0 Å². The summed E-state index contributed by atoms with van der Waals surface area (Å²) in [6.45, 7) is 2.93. The van der Waals surface area contributed by atoms with Crippen molar-refractivity contribution in [3.05, 3.63) is 36.1 Å². The number of hydrogen-bond donors (Lipinski definition) is 1. The van der Waals surface area contributed by atoms with Crippen LogP contribution in [-0.2, 0) is 0 Å². The Bertz CT molecular complexity index is 599. The number of furan rings is 1. The van der Waals surface area contributed by atoms with Gasteiger partial charge in [0.2, 0.25) is 0 Å². The van der Waals surface area contributed by atoms with Gasteiger partial charge in [-0.25, -0.2) is 0 Å². The molecule has 3 rings (SSSR count). The highest BCUT2D eigenvalue weighted by Gasteiger charge is 2.21. The number of carbonyl (C=O) groups is 1. The van der Waals surface area contributed by atoms with Crippen molar-refractivity contribution < 1.29 is 9.21 Å². The summed E-state index contributed by atoms with van der Waals surface area (Å²) in [6, 6.07) is 7.67. The van der Waals surface area contributed by atoms with Gasteiger partial charge in [-0.15, -0.1) is 0 Å². The number of nitrogens with one attached hydrogen (secondary N) is 1. The normalized spacial score (nSPS) is 16.4. The van der Waals surface area contributed by atoms with Gasteiger partial charge in [-0.3, -0.25) is 4.79 Å². The average molecular weight is 272 g/mol. The lowest BCUT2D eigenvalue weighted by Crippen LogP contribution is -2.37. The molecule has 0 spiro atoms. The Morgan fingerprint density at radius 1 is 1.35 bits per heavy atom. The van der Waals surface area contributed by atoms with Gasteiger partial charge in [-0.2, -0.15) is 0 Å². The summed E-state index contributed by atoms with van der Waals surface area (Å²) >= 11 is 0. The van der Waals surface area contributed by atoms with Crippen LogP contribution >= 0.6 is 0 Å². The van der Waals surface area contributed by atoms with Crippen LogP contribution in [-0.4, -0.2) is 37.5 Å². The van der Waals surface area contributed by atoms with E-state index in [2.05, 4.69) is 5.32 Å². The number of amides is 1. The second-order valence-corrected chi connectivity index (χ2v) is 5.52. The lowest BCUT2D eigenvalue weighted by atomic mass is 9.97. The Labute approximate surface area is 118 Å². The molecule has 0 atom stereocenters. The summed E-state index contributed by atoms with van der Waals surface area (Å²) in [5.74, 6) is 0.650. The minimum Gasteiger partial charge on any atom is -0.463 e. The molecular formula is C16H20N2O2. The molecule has 0 bridgehead atoms. The van der Waals surface area contributed by atoms with Crippen molar-refractivity contribution in [3.8, 4) is 0 Å². The highest BCUT2D eigenvalue weighted by Crippen LogP contribution is 2.22. The summed E-state index contributed by atoms with van der Waals surface area (Å²) in [5, 5.41) is 4.25. The molecule has 1 amide bonds. The van der Waals surface area contributed by atoms with Crippen LogP contribution in [0.25, 0.3) is 11.0 Å². The molecule has 4 heteroatoms. The Kier molecular flexibility index (Phi) is 3.74. The summed E-state index contributed by atoms with van der Waals surface area (Å²) in [7, 11) is 1.88. The number of hydrogen-bond acceptors (Lipinski definition) is 3. The van der Waals surface area contributed by atoms with Crippen LogP contribution in [0.1, 0.15) is 23.2 Å². The van der Waals surface area contributed by atoms with E-state index in [-0.39, 0.29) is 5.91 Å². The van der Waals surface area contributed by atoms with E-state index >= 15 is 0 Å². The maximum absolute atomic E-state index is 12.5. The predicted molar refractivity (Wildman–Crippen MR) is 78.8 cm³/mol. The predicted octanol–water partition coefficient (Wildman–Crippen LogP) is 2.50. The maximum atomic E-state index is 12.5. The zero-order valence-electron chi connectivity index (χ0n) is 11.8. The van der Waals surface area contributed by atoms with Crippen LogP contribution < -0.4 is 5.32 Å². The third-order valence-corrected chi connectivity index (χ3v) is 4.05. The van der Waals surface area contributed by atoms with Gasteiger partial charge in [0.15, 0.2) is 0 Å². The van der Waals surface area contributed by atoms with Crippen LogP contribution in [0.3, 0.4) is 0 Å². The lowest BCUT2D eigenvalue weighted by molar-refractivity contribution is 0.0763. The fraction of sp³-hybridized carbons (Fsp3) is 0.438. The van der Waals surface area contributed by atoms with E-state index in [1.54, 1.807) is 6.26 Å². The molecule has 1 aliphatic heterocycles. The van der Waals surface area contributed by atoms with Gasteiger partial charge in [-0.05, 0) is 37.9 Å². The molecule has 0 aliphatic carbocycles. The van der Waals surface area contributed by atoms with E-state index in [0.717, 1.165) is 43.4 Å². The molecule has 0 unspecified atom stereocenters. The third kappa shape index (κ3) is 2.56. The molecule has 1 aromatic heterocycles. The van der Waals surface area contributed by atoms with Gasteiger partial charge < -0.3 is 14.6 Å². The topological polar surface area (TPSA) is 45.5 Å². The third-order valence-electron chi connectivity index (χ3n) is 4.05. The van der Waals surface area contributed by atoms with Gasteiger partial charge >= 0.3 is 0 Å². The second kappa shape index (κ2) is 5.67. The SMILES string of the molecule is CN(CC1CCNCC1)C(=O)c1coc2ccccc12. The Hall–Kier alpha value is -1.81. The van der Waals surface area contributed by atoms with Crippen molar-refractivity contribution >= 4 is 16.9 Å². The number of nitrogens with zero attached hydrogens (tertiary/aromatic N) is 1. The molecule has 1 aliphatic rings. The molecule has 0 radical (unpaired) electrons. The first-order chi connectivity index (χ1) is 9.75. The summed E-state index contributed by atoms with van der Waals surface area (Å²) < 4.78 is 5.45. The molecule has 4 nitrogen and oxygen atoms in total. The minimum absolute atomic E-state index is 0.0495. The van der Waals surface area contributed by atoms with Gasteiger partial charge in [0, 0.05) is 19.0 Å². The van der Waals surface area contributed by atoms with E-state index in [4.69, 9.17) is 4.42 Å². The van der Waals surface area contributed by atoms with Gasteiger partial charge in [0.1, 0.15) is 11.8 Å². The van der Waals surface area contributed by atoms with Crippen molar-refractivity contribution in [3.63, 3.8) is 0 Å². The average Bonchev–Trinajstić information content (AvgIpc) is 2.91. The van der Waals surface area contributed by atoms with Crippen LogP contribution in [0.4, 0.5) is 0 Å². The number of benzene rings is 1. The molecule has 106 valence electrons.